The van der Waals surface area contributed by atoms with Crippen LogP contribution in [0.5, 0.6) is 0 Å². The predicted octanol–water partition coefficient (Wildman–Crippen LogP) is 4.47. The maximum absolute atomic E-state index is 3.53. The number of hydrogen-bond donors (Lipinski definition) is 1. The molecule has 0 aromatic heterocycles. The molecule has 1 nitrogen and oxygen atoms in total. The Hall–Kier alpha value is -0.340. The summed E-state index contributed by atoms with van der Waals surface area (Å²) in [4.78, 5) is 0. The molecular weight excluding hydrogens is 274 g/mol. The van der Waals surface area contributed by atoms with Crippen LogP contribution in [0.3, 0.4) is 0 Å². The first-order valence-corrected chi connectivity index (χ1v) is 7.18. The second-order valence-electron chi connectivity index (χ2n) is 5.72. The minimum Gasteiger partial charge on any atom is -0.312 e. The van der Waals surface area contributed by atoms with E-state index >= 15 is 0 Å². The van der Waals surface area contributed by atoms with Gasteiger partial charge in [0.1, 0.15) is 0 Å². The van der Waals surface area contributed by atoms with E-state index in [1.165, 1.54) is 34.9 Å². The highest BCUT2D eigenvalue weighted by molar-refractivity contribution is 9.10. The zero-order valence-corrected chi connectivity index (χ0v) is 13.0. The van der Waals surface area contributed by atoms with Gasteiger partial charge in [-0.3, -0.25) is 0 Å². The third-order valence-electron chi connectivity index (χ3n) is 2.77. The number of aryl methyl sites for hydroxylation is 2. The smallest absolute Gasteiger partial charge is 0.0204 e. The molecule has 96 valence electrons. The fourth-order valence-electron chi connectivity index (χ4n) is 1.78. The molecule has 1 rings (SSSR count). The first kappa shape index (κ1) is 14.7. The van der Waals surface area contributed by atoms with Gasteiger partial charge in [0.05, 0.1) is 0 Å². The lowest BCUT2D eigenvalue weighted by atomic mass is 10.1. The zero-order valence-electron chi connectivity index (χ0n) is 11.4. The standard InChI is InChI=1S/C15H24BrN/c1-12-11-13(8-9-14(12)16)7-5-6-10-17-15(2,3)4/h8-9,11,17H,5-7,10H2,1-4H3. The van der Waals surface area contributed by atoms with Crippen LogP contribution in [0.15, 0.2) is 22.7 Å². The van der Waals surface area contributed by atoms with Crippen molar-refractivity contribution < 1.29 is 0 Å². The molecular formula is C15H24BrN. The quantitative estimate of drug-likeness (QED) is 0.791. The summed E-state index contributed by atoms with van der Waals surface area (Å²) in [6.07, 6.45) is 3.68. The molecule has 1 N–H and O–H groups in total. The Morgan fingerprint density at radius 3 is 2.47 bits per heavy atom. The number of hydrogen-bond acceptors (Lipinski definition) is 1. The Morgan fingerprint density at radius 2 is 1.88 bits per heavy atom. The molecule has 0 aliphatic carbocycles. The van der Waals surface area contributed by atoms with Crippen molar-refractivity contribution >= 4 is 15.9 Å². The molecule has 17 heavy (non-hydrogen) atoms. The first-order valence-electron chi connectivity index (χ1n) is 6.38. The molecule has 0 heterocycles. The Morgan fingerprint density at radius 1 is 1.18 bits per heavy atom. The van der Waals surface area contributed by atoms with Gasteiger partial charge < -0.3 is 5.32 Å². The van der Waals surface area contributed by atoms with Gasteiger partial charge in [0.25, 0.3) is 0 Å². The van der Waals surface area contributed by atoms with Gasteiger partial charge in [0, 0.05) is 10.0 Å². The van der Waals surface area contributed by atoms with Crippen LogP contribution in [-0.4, -0.2) is 12.1 Å². The lowest BCUT2D eigenvalue weighted by Gasteiger charge is -2.20. The van der Waals surface area contributed by atoms with Gasteiger partial charge >= 0.3 is 0 Å². The molecule has 1 aromatic carbocycles. The van der Waals surface area contributed by atoms with E-state index in [1.54, 1.807) is 0 Å². The third kappa shape index (κ3) is 6.23. The van der Waals surface area contributed by atoms with Crippen LogP contribution in [-0.2, 0) is 6.42 Å². The van der Waals surface area contributed by atoms with Gasteiger partial charge in [-0.2, -0.15) is 0 Å². The van der Waals surface area contributed by atoms with Crippen LogP contribution in [0, 0.1) is 6.92 Å². The number of halogens is 1. The van der Waals surface area contributed by atoms with Crippen molar-refractivity contribution in [2.45, 2.75) is 52.5 Å². The molecule has 0 unspecified atom stereocenters. The monoisotopic (exact) mass is 297 g/mol. The number of nitrogens with one attached hydrogen (secondary N) is 1. The summed E-state index contributed by atoms with van der Waals surface area (Å²) in [6.45, 7) is 9.90. The van der Waals surface area contributed by atoms with E-state index in [4.69, 9.17) is 0 Å². The third-order valence-corrected chi connectivity index (χ3v) is 3.66. The molecule has 0 aliphatic heterocycles. The van der Waals surface area contributed by atoms with Gasteiger partial charge in [-0.1, -0.05) is 28.1 Å². The Balaban J connectivity index is 2.25. The summed E-state index contributed by atoms with van der Waals surface area (Å²) in [5, 5.41) is 3.52. The molecule has 0 saturated carbocycles. The SMILES string of the molecule is Cc1cc(CCCCNC(C)(C)C)ccc1Br. The number of rotatable bonds is 5. The summed E-state index contributed by atoms with van der Waals surface area (Å²) in [5.41, 5.74) is 3.02. The van der Waals surface area contributed by atoms with Crippen molar-refractivity contribution in [1.82, 2.24) is 5.32 Å². The van der Waals surface area contributed by atoms with E-state index in [0.717, 1.165) is 6.54 Å². The summed E-state index contributed by atoms with van der Waals surface area (Å²) < 4.78 is 1.20. The van der Waals surface area contributed by atoms with E-state index in [0.29, 0.717) is 0 Å². The maximum atomic E-state index is 3.53. The van der Waals surface area contributed by atoms with Crippen LogP contribution in [0.25, 0.3) is 0 Å². The fourth-order valence-corrected chi connectivity index (χ4v) is 2.03. The zero-order chi connectivity index (χ0) is 12.9. The van der Waals surface area contributed by atoms with Gasteiger partial charge in [-0.25, -0.2) is 0 Å². The average molecular weight is 298 g/mol. The minimum atomic E-state index is 0.244. The van der Waals surface area contributed by atoms with Gasteiger partial charge in [-0.15, -0.1) is 0 Å². The maximum Gasteiger partial charge on any atom is 0.0204 e. The fraction of sp³-hybridized carbons (Fsp3) is 0.600. The van der Waals surface area contributed by atoms with E-state index in [1.807, 2.05) is 0 Å². The number of unbranched alkanes of at least 4 members (excludes halogenated alkanes) is 1. The minimum absolute atomic E-state index is 0.244. The van der Waals surface area contributed by atoms with E-state index in [2.05, 4.69) is 67.1 Å². The molecule has 0 amide bonds. The summed E-state index contributed by atoms with van der Waals surface area (Å²) in [6, 6.07) is 6.65. The van der Waals surface area contributed by atoms with Gasteiger partial charge in [-0.05, 0) is 70.7 Å². The molecule has 0 saturated heterocycles. The summed E-state index contributed by atoms with van der Waals surface area (Å²) in [7, 11) is 0. The average Bonchev–Trinajstić information content (AvgIpc) is 2.21. The molecule has 0 radical (unpaired) electrons. The van der Waals surface area contributed by atoms with E-state index in [-0.39, 0.29) is 5.54 Å². The van der Waals surface area contributed by atoms with Crippen LogP contribution in [0.4, 0.5) is 0 Å². The molecule has 0 bridgehead atoms. The van der Waals surface area contributed by atoms with Gasteiger partial charge in [0.15, 0.2) is 0 Å². The van der Waals surface area contributed by atoms with Crippen molar-refractivity contribution in [2.75, 3.05) is 6.54 Å². The number of benzene rings is 1. The van der Waals surface area contributed by atoms with Crippen LogP contribution in [0.2, 0.25) is 0 Å². The normalized spacial score (nSPS) is 11.8. The molecule has 0 spiro atoms. The topological polar surface area (TPSA) is 12.0 Å². The Bertz CT molecular complexity index is 352. The molecule has 0 atom stereocenters. The van der Waals surface area contributed by atoms with Crippen LogP contribution < -0.4 is 5.32 Å². The predicted molar refractivity (Wildman–Crippen MR) is 79.6 cm³/mol. The highest BCUT2D eigenvalue weighted by atomic mass is 79.9. The van der Waals surface area contributed by atoms with Crippen molar-refractivity contribution in [3.05, 3.63) is 33.8 Å². The molecule has 2 heteroatoms. The van der Waals surface area contributed by atoms with Crippen molar-refractivity contribution in [2.24, 2.45) is 0 Å². The van der Waals surface area contributed by atoms with Crippen molar-refractivity contribution in [3.8, 4) is 0 Å². The van der Waals surface area contributed by atoms with Crippen molar-refractivity contribution in [1.29, 1.82) is 0 Å². The summed E-state index contributed by atoms with van der Waals surface area (Å²) in [5.74, 6) is 0. The van der Waals surface area contributed by atoms with Gasteiger partial charge in [0.2, 0.25) is 0 Å². The summed E-state index contributed by atoms with van der Waals surface area (Å²) >= 11 is 3.53. The molecule has 0 aliphatic rings. The molecule has 1 aromatic rings. The van der Waals surface area contributed by atoms with E-state index < -0.39 is 0 Å². The van der Waals surface area contributed by atoms with E-state index in [9.17, 15) is 0 Å². The highest BCUT2D eigenvalue weighted by Gasteiger charge is 2.07. The lowest BCUT2D eigenvalue weighted by Crippen LogP contribution is -2.36. The Labute approximate surface area is 114 Å². The highest BCUT2D eigenvalue weighted by Crippen LogP contribution is 2.18. The molecule has 0 fully saturated rings. The second-order valence-corrected chi connectivity index (χ2v) is 6.57. The first-order chi connectivity index (χ1) is 7.88. The van der Waals surface area contributed by atoms with Crippen molar-refractivity contribution in [3.63, 3.8) is 0 Å². The van der Waals surface area contributed by atoms with Crippen LogP contribution in [0.1, 0.15) is 44.7 Å². The Kier molecular flexibility index (Phi) is 5.68. The van der Waals surface area contributed by atoms with Crippen LogP contribution >= 0.6 is 15.9 Å². The largest absolute Gasteiger partial charge is 0.312 e. The second kappa shape index (κ2) is 6.55. The lowest BCUT2D eigenvalue weighted by molar-refractivity contribution is 0.419.